The fourth-order valence-corrected chi connectivity index (χ4v) is 5.83. The van der Waals surface area contributed by atoms with Crippen LogP contribution in [-0.2, 0) is 23.1 Å². The molecule has 1 aromatic heterocycles. The van der Waals surface area contributed by atoms with Gasteiger partial charge in [-0.15, -0.1) is 0 Å². The molecule has 4 aromatic carbocycles. The van der Waals surface area contributed by atoms with Gasteiger partial charge in [-0.1, -0.05) is 66.2 Å². The third kappa shape index (κ3) is 7.01. The number of nitrogens with one attached hydrogen (secondary N) is 1. The highest BCUT2D eigenvalue weighted by Crippen LogP contribution is 2.23. The van der Waals surface area contributed by atoms with Gasteiger partial charge < -0.3 is 4.57 Å². The molecule has 42 heavy (non-hydrogen) atoms. The second-order valence-electron chi connectivity index (χ2n) is 9.56. The first-order chi connectivity index (χ1) is 20.3. The molecule has 1 amide bonds. The molecule has 212 valence electrons. The van der Waals surface area contributed by atoms with Gasteiger partial charge in [0.25, 0.3) is 5.91 Å². The van der Waals surface area contributed by atoms with Gasteiger partial charge >= 0.3 is 0 Å². The molecule has 0 spiro atoms. The summed E-state index contributed by atoms with van der Waals surface area (Å²) in [7, 11) is -3.83. The first-order valence-electron chi connectivity index (χ1n) is 13.1. The largest absolute Gasteiger partial charge is 0.306 e. The van der Waals surface area contributed by atoms with E-state index in [1.54, 1.807) is 48.9 Å². The first-order valence-corrected chi connectivity index (χ1v) is 14.9. The maximum atomic E-state index is 13.6. The third-order valence-electron chi connectivity index (χ3n) is 6.64. The van der Waals surface area contributed by atoms with Gasteiger partial charge in [0.05, 0.1) is 16.9 Å². The predicted octanol–water partition coefficient (Wildman–Crippen LogP) is 6.07. The third-order valence-corrected chi connectivity index (χ3v) is 8.70. The second-order valence-corrected chi connectivity index (χ2v) is 11.9. The van der Waals surface area contributed by atoms with Crippen molar-refractivity contribution in [3.05, 3.63) is 149 Å². The normalized spacial score (nSPS) is 11.9. The molecule has 0 fully saturated rings. The van der Waals surface area contributed by atoms with Crippen LogP contribution >= 0.6 is 11.6 Å². The number of carbonyl (C=O) groups is 1. The Morgan fingerprint density at radius 2 is 1.48 bits per heavy atom. The lowest BCUT2D eigenvalue weighted by Gasteiger charge is -2.23. The lowest BCUT2D eigenvalue weighted by atomic mass is 10.1. The van der Waals surface area contributed by atoms with Gasteiger partial charge in [-0.2, -0.15) is 9.41 Å². The number of hydrogen-bond acceptors (Lipinski definition) is 5. The van der Waals surface area contributed by atoms with Crippen LogP contribution in [0, 0.1) is 0 Å². The van der Waals surface area contributed by atoms with Gasteiger partial charge in [-0.05, 0) is 72.1 Å². The number of rotatable bonds is 10. The first kappa shape index (κ1) is 28.9. The number of sulfonamides is 1. The van der Waals surface area contributed by atoms with Gasteiger partial charge in [0.1, 0.15) is 0 Å². The zero-order valence-electron chi connectivity index (χ0n) is 22.8. The number of hydrazone groups is 1. The molecular formula is C32H28ClN5O3S. The number of imidazole rings is 1. The summed E-state index contributed by atoms with van der Waals surface area (Å²) in [6, 6.07) is 30.1. The predicted molar refractivity (Wildman–Crippen MR) is 164 cm³/mol. The maximum Gasteiger partial charge on any atom is 0.271 e. The van der Waals surface area contributed by atoms with Crippen LogP contribution in [0.2, 0.25) is 5.02 Å². The number of nitrogens with zero attached hydrogens (tertiary/aromatic N) is 4. The molecular weight excluding hydrogens is 570 g/mol. The van der Waals surface area contributed by atoms with Crippen molar-refractivity contribution in [2.75, 3.05) is 0 Å². The van der Waals surface area contributed by atoms with Crippen LogP contribution < -0.4 is 5.43 Å². The molecule has 0 bridgehead atoms. The zero-order chi connectivity index (χ0) is 29.5. The van der Waals surface area contributed by atoms with E-state index >= 15 is 0 Å². The second kappa shape index (κ2) is 12.9. The summed E-state index contributed by atoms with van der Waals surface area (Å²) in [6.45, 7) is 2.12. The monoisotopic (exact) mass is 597 g/mol. The molecule has 0 aliphatic heterocycles. The van der Waals surface area contributed by atoms with Crippen molar-refractivity contribution >= 4 is 33.2 Å². The Morgan fingerprint density at radius 3 is 2.10 bits per heavy atom. The van der Waals surface area contributed by atoms with Gasteiger partial charge in [0.15, 0.2) is 0 Å². The molecule has 0 saturated carbocycles. The van der Waals surface area contributed by atoms with Crippen molar-refractivity contribution in [3.8, 4) is 5.69 Å². The fraction of sp³-hybridized carbons (Fsp3) is 0.0938. The lowest BCUT2D eigenvalue weighted by molar-refractivity contribution is 0.0954. The Kier molecular flexibility index (Phi) is 8.92. The summed E-state index contributed by atoms with van der Waals surface area (Å²) < 4.78 is 30.5. The van der Waals surface area contributed by atoms with E-state index < -0.39 is 10.0 Å². The van der Waals surface area contributed by atoms with Gasteiger partial charge in [0.2, 0.25) is 10.0 Å². The molecule has 10 heteroatoms. The highest BCUT2D eigenvalue weighted by atomic mass is 35.5. The summed E-state index contributed by atoms with van der Waals surface area (Å²) >= 11 is 5.98. The van der Waals surface area contributed by atoms with E-state index in [0.717, 1.165) is 22.4 Å². The topological polar surface area (TPSA) is 96.7 Å². The molecule has 0 aliphatic carbocycles. The SMILES string of the molecule is C/C(=N/NC(=O)c1ccc(CN(Cc2ccccc2)S(=O)(=O)c2ccc(Cl)cc2)cc1)c1ccc(-n2ccnc2)cc1. The van der Waals surface area contributed by atoms with Crippen molar-refractivity contribution in [1.82, 2.24) is 19.3 Å². The molecule has 0 saturated heterocycles. The number of carbonyl (C=O) groups excluding carboxylic acids is 1. The summed E-state index contributed by atoms with van der Waals surface area (Å²) in [4.78, 5) is 17.0. The summed E-state index contributed by atoms with van der Waals surface area (Å²) in [5, 5.41) is 4.71. The molecule has 8 nitrogen and oxygen atoms in total. The van der Waals surface area contributed by atoms with Gasteiger partial charge in [0, 0.05) is 41.8 Å². The average molecular weight is 598 g/mol. The number of amides is 1. The van der Waals surface area contributed by atoms with Crippen LogP contribution in [0.4, 0.5) is 0 Å². The summed E-state index contributed by atoms with van der Waals surface area (Å²) in [5.74, 6) is -0.370. The van der Waals surface area contributed by atoms with Crippen LogP contribution in [0.25, 0.3) is 5.69 Å². The highest BCUT2D eigenvalue weighted by molar-refractivity contribution is 7.89. The van der Waals surface area contributed by atoms with Gasteiger partial charge in [-0.3, -0.25) is 4.79 Å². The fourth-order valence-electron chi connectivity index (χ4n) is 4.28. The number of benzene rings is 4. The van der Waals surface area contributed by atoms with Crippen molar-refractivity contribution in [2.45, 2.75) is 24.9 Å². The van der Waals surface area contributed by atoms with Gasteiger partial charge in [-0.25, -0.2) is 18.8 Å². The number of aromatic nitrogens is 2. The van der Waals surface area contributed by atoms with Crippen molar-refractivity contribution in [3.63, 3.8) is 0 Å². The lowest BCUT2D eigenvalue weighted by Crippen LogP contribution is -2.30. The standard InChI is InChI=1S/C32H28ClN5O3S/c1-24(27-11-15-30(16-12-27)37-20-19-34-23-37)35-36-32(39)28-9-7-26(8-10-28)22-38(21-25-5-3-2-4-6-25)42(40,41)31-17-13-29(33)14-18-31/h2-20,23H,21-22H2,1H3,(H,36,39)/b35-24-. The maximum absolute atomic E-state index is 13.6. The van der Waals surface area contributed by atoms with Crippen molar-refractivity contribution in [1.29, 1.82) is 0 Å². The smallest absolute Gasteiger partial charge is 0.271 e. The molecule has 0 atom stereocenters. The van der Waals surface area contributed by atoms with E-state index in [1.165, 1.54) is 16.4 Å². The summed E-state index contributed by atoms with van der Waals surface area (Å²) in [6.07, 6.45) is 5.30. The Labute approximate surface area is 250 Å². The van der Waals surface area contributed by atoms with E-state index in [9.17, 15) is 13.2 Å². The van der Waals surface area contributed by atoms with Crippen LogP contribution in [0.3, 0.4) is 0 Å². The van der Waals surface area contributed by atoms with Crippen LogP contribution in [-0.4, -0.2) is 33.9 Å². The van der Waals surface area contributed by atoms with E-state index in [1.807, 2.05) is 72.3 Å². The molecule has 1 N–H and O–H groups in total. The molecule has 1 heterocycles. The zero-order valence-corrected chi connectivity index (χ0v) is 24.3. The Hall–Kier alpha value is -4.57. The molecule has 0 radical (unpaired) electrons. The van der Waals surface area contributed by atoms with Crippen molar-refractivity contribution in [2.24, 2.45) is 5.10 Å². The van der Waals surface area contributed by atoms with E-state index in [2.05, 4.69) is 15.5 Å². The number of halogens is 1. The van der Waals surface area contributed by atoms with Crippen LogP contribution in [0.1, 0.15) is 34.0 Å². The molecule has 0 aliphatic rings. The Bertz CT molecular complexity index is 1770. The van der Waals surface area contributed by atoms with Crippen LogP contribution in [0.5, 0.6) is 0 Å². The Balaban J connectivity index is 1.28. The molecule has 0 unspecified atom stereocenters. The quantitative estimate of drug-likeness (QED) is 0.156. The Morgan fingerprint density at radius 1 is 0.857 bits per heavy atom. The highest BCUT2D eigenvalue weighted by Gasteiger charge is 2.25. The minimum atomic E-state index is -3.83. The minimum Gasteiger partial charge on any atom is -0.306 e. The average Bonchev–Trinajstić information content (AvgIpc) is 3.56. The minimum absolute atomic E-state index is 0.119. The van der Waals surface area contributed by atoms with E-state index in [0.29, 0.717) is 16.3 Å². The van der Waals surface area contributed by atoms with E-state index in [4.69, 9.17) is 11.6 Å². The number of hydrogen-bond donors (Lipinski definition) is 1. The molecule has 5 aromatic rings. The van der Waals surface area contributed by atoms with Crippen molar-refractivity contribution < 1.29 is 13.2 Å². The summed E-state index contributed by atoms with van der Waals surface area (Å²) in [5.41, 5.74) is 7.09. The van der Waals surface area contributed by atoms with Crippen LogP contribution in [0.15, 0.2) is 132 Å². The molecule has 5 rings (SSSR count). The van der Waals surface area contributed by atoms with E-state index in [-0.39, 0.29) is 23.9 Å².